The summed E-state index contributed by atoms with van der Waals surface area (Å²) in [5, 5.41) is 11.9. The molecule has 0 bridgehead atoms. The van der Waals surface area contributed by atoms with Crippen LogP contribution in [-0.4, -0.2) is 29.4 Å². The van der Waals surface area contributed by atoms with Crippen LogP contribution in [0.5, 0.6) is 0 Å². The quantitative estimate of drug-likeness (QED) is 0.733. The SMILES string of the molecule is CCNC(CCSc1ccc(C)cc1)C(=O)O. The summed E-state index contributed by atoms with van der Waals surface area (Å²) in [4.78, 5) is 12.1. The smallest absolute Gasteiger partial charge is 0.320 e. The van der Waals surface area contributed by atoms with Crippen molar-refractivity contribution in [3.05, 3.63) is 29.8 Å². The third-order valence-corrected chi connectivity index (χ3v) is 3.49. The zero-order valence-corrected chi connectivity index (χ0v) is 11.1. The molecule has 0 aliphatic carbocycles. The summed E-state index contributed by atoms with van der Waals surface area (Å²) in [6.07, 6.45) is 0.641. The average Bonchev–Trinajstić information content (AvgIpc) is 2.30. The molecular weight excluding hydrogens is 234 g/mol. The van der Waals surface area contributed by atoms with Gasteiger partial charge in [-0.25, -0.2) is 0 Å². The van der Waals surface area contributed by atoms with Gasteiger partial charge in [0.25, 0.3) is 0 Å². The van der Waals surface area contributed by atoms with E-state index in [1.807, 2.05) is 6.92 Å². The monoisotopic (exact) mass is 253 g/mol. The second-order valence-corrected chi connectivity index (χ2v) is 5.07. The van der Waals surface area contributed by atoms with Crippen molar-refractivity contribution in [1.82, 2.24) is 5.32 Å². The van der Waals surface area contributed by atoms with E-state index in [2.05, 4.69) is 36.5 Å². The van der Waals surface area contributed by atoms with Crippen LogP contribution in [-0.2, 0) is 4.79 Å². The number of aliphatic carboxylic acids is 1. The average molecular weight is 253 g/mol. The molecule has 1 rings (SSSR count). The molecule has 2 N–H and O–H groups in total. The van der Waals surface area contributed by atoms with Gasteiger partial charge in [-0.15, -0.1) is 11.8 Å². The molecule has 0 heterocycles. The van der Waals surface area contributed by atoms with Gasteiger partial charge in [0.15, 0.2) is 0 Å². The minimum absolute atomic E-state index is 0.432. The molecule has 4 heteroatoms. The van der Waals surface area contributed by atoms with Crippen molar-refractivity contribution in [2.75, 3.05) is 12.3 Å². The molecule has 1 unspecified atom stereocenters. The molecule has 0 amide bonds. The normalized spacial score (nSPS) is 12.4. The lowest BCUT2D eigenvalue weighted by Gasteiger charge is -2.12. The molecular formula is C13H19NO2S. The van der Waals surface area contributed by atoms with Crippen LogP contribution >= 0.6 is 11.8 Å². The molecule has 1 aromatic rings. The molecule has 0 aliphatic rings. The van der Waals surface area contributed by atoms with E-state index in [0.29, 0.717) is 13.0 Å². The van der Waals surface area contributed by atoms with E-state index in [1.165, 1.54) is 10.5 Å². The predicted octanol–water partition coefficient (Wildman–Crippen LogP) is 2.54. The number of nitrogens with one attached hydrogen (secondary N) is 1. The summed E-state index contributed by atoms with van der Waals surface area (Å²) in [6.45, 7) is 4.66. The standard InChI is InChI=1S/C13H19NO2S/c1-3-14-12(13(15)16)8-9-17-11-6-4-10(2)5-7-11/h4-7,12,14H,3,8-9H2,1-2H3,(H,15,16). The Labute approximate surface area is 107 Å². The number of carboxylic acids is 1. The van der Waals surface area contributed by atoms with Gasteiger partial charge < -0.3 is 10.4 Å². The highest BCUT2D eigenvalue weighted by atomic mass is 32.2. The number of carboxylic acid groups (broad SMARTS) is 1. The molecule has 0 aromatic heterocycles. The van der Waals surface area contributed by atoms with E-state index >= 15 is 0 Å². The Hall–Kier alpha value is -1.00. The lowest BCUT2D eigenvalue weighted by atomic mass is 10.2. The van der Waals surface area contributed by atoms with E-state index in [0.717, 1.165) is 5.75 Å². The van der Waals surface area contributed by atoms with Gasteiger partial charge in [0.05, 0.1) is 0 Å². The zero-order chi connectivity index (χ0) is 12.7. The summed E-state index contributed by atoms with van der Waals surface area (Å²) < 4.78 is 0. The largest absolute Gasteiger partial charge is 0.480 e. The number of hydrogen-bond donors (Lipinski definition) is 2. The van der Waals surface area contributed by atoms with Crippen molar-refractivity contribution in [2.45, 2.75) is 31.2 Å². The fourth-order valence-corrected chi connectivity index (χ4v) is 2.41. The number of aryl methyl sites for hydroxylation is 1. The van der Waals surface area contributed by atoms with E-state index in [4.69, 9.17) is 5.11 Å². The Kier molecular flexibility index (Phi) is 6.08. The molecule has 1 atom stereocenters. The molecule has 1 aromatic carbocycles. The van der Waals surface area contributed by atoms with Crippen LogP contribution in [0.2, 0.25) is 0 Å². The van der Waals surface area contributed by atoms with Gasteiger partial charge in [0.1, 0.15) is 6.04 Å². The van der Waals surface area contributed by atoms with Gasteiger partial charge in [-0.05, 0) is 32.0 Å². The molecule has 17 heavy (non-hydrogen) atoms. The highest BCUT2D eigenvalue weighted by Gasteiger charge is 2.14. The van der Waals surface area contributed by atoms with E-state index in [-0.39, 0.29) is 0 Å². The number of likely N-dealkylation sites (N-methyl/N-ethyl adjacent to an activating group) is 1. The van der Waals surface area contributed by atoms with Gasteiger partial charge >= 0.3 is 5.97 Å². The van der Waals surface area contributed by atoms with Gasteiger partial charge in [-0.1, -0.05) is 24.6 Å². The van der Waals surface area contributed by atoms with E-state index in [9.17, 15) is 4.79 Å². The van der Waals surface area contributed by atoms with Gasteiger partial charge in [0, 0.05) is 10.6 Å². The molecule has 94 valence electrons. The van der Waals surface area contributed by atoms with E-state index < -0.39 is 12.0 Å². The summed E-state index contributed by atoms with van der Waals surface area (Å²) >= 11 is 1.70. The fraction of sp³-hybridized carbons (Fsp3) is 0.462. The molecule has 0 saturated heterocycles. The second kappa shape index (κ2) is 7.35. The Morgan fingerprint density at radius 1 is 1.41 bits per heavy atom. The number of benzene rings is 1. The molecule has 0 saturated carbocycles. The first-order chi connectivity index (χ1) is 8.13. The molecule has 3 nitrogen and oxygen atoms in total. The van der Waals surface area contributed by atoms with Crippen molar-refractivity contribution < 1.29 is 9.90 Å². The maximum absolute atomic E-state index is 10.9. The van der Waals surface area contributed by atoms with Crippen molar-refractivity contribution in [1.29, 1.82) is 0 Å². The maximum Gasteiger partial charge on any atom is 0.320 e. The van der Waals surface area contributed by atoms with Crippen LogP contribution < -0.4 is 5.32 Å². The third kappa shape index (κ3) is 5.24. The number of hydrogen-bond acceptors (Lipinski definition) is 3. The van der Waals surface area contributed by atoms with Crippen LogP contribution in [0.4, 0.5) is 0 Å². The highest BCUT2D eigenvalue weighted by molar-refractivity contribution is 7.99. The molecule has 0 aliphatic heterocycles. The molecule has 0 spiro atoms. The van der Waals surface area contributed by atoms with Crippen LogP contribution in [0, 0.1) is 6.92 Å². The molecule has 0 radical (unpaired) electrons. The Morgan fingerprint density at radius 2 is 2.06 bits per heavy atom. The van der Waals surface area contributed by atoms with Crippen LogP contribution in [0.25, 0.3) is 0 Å². The van der Waals surface area contributed by atoms with Crippen molar-refractivity contribution in [3.63, 3.8) is 0 Å². The van der Waals surface area contributed by atoms with Gasteiger partial charge in [0.2, 0.25) is 0 Å². The van der Waals surface area contributed by atoms with Crippen LogP contribution in [0.1, 0.15) is 18.9 Å². The minimum atomic E-state index is -0.767. The van der Waals surface area contributed by atoms with Crippen molar-refractivity contribution in [2.24, 2.45) is 0 Å². The lowest BCUT2D eigenvalue weighted by molar-refractivity contribution is -0.139. The minimum Gasteiger partial charge on any atom is -0.480 e. The number of carbonyl (C=O) groups is 1. The van der Waals surface area contributed by atoms with Crippen molar-refractivity contribution >= 4 is 17.7 Å². The Balaban J connectivity index is 2.35. The maximum atomic E-state index is 10.9. The number of thioether (sulfide) groups is 1. The first-order valence-corrected chi connectivity index (χ1v) is 6.77. The first-order valence-electron chi connectivity index (χ1n) is 5.79. The summed E-state index contributed by atoms with van der Waals surface area (Å²) in [5.41, 5.74) is 1.24. The molecule has 0 fully saturated rings. The highest BCUT2D eigenvalue weighted by Crippen LogP contribution is 2.19. The van der Waals surface area contributed by atoms with Crippen LogP contribution in [0.15, 0.2) is 29.2 Å². The van der Waals surface area contributed by atoms with Gasteiger partial charge in [-0.2, -0.15) is 0 Å². The number of rotatable bonds is 7. The first kappa shape index (κ1) is 14.1. The predicted molar refractivity (Wildman–Crippen MR) is 71.6 cm³/mol. The van der Waals surface area contributed by atoms with Crippen LogP contribution in [0.3, 0.4) is 0 Å². The Bertz CT molecular complexity index is 351. The zero-order valence-electron chi connectivity index (χ0n) is 10.3. The summed E-state index contributed by atoms with van der Waals surface area (Å²) in [5.74, 6) is 0.0453. The van der Waals surface area contributed by atoms with Gasteiger partial charge in [-0.3, -0.25) is 4.79 Å². The fourth-order valence-electron chi connectivity index (χ4n) is 1.49. The summed E-state index contributed by atoms with van der Waals surface area (Å²) in [7, 11) is 0. The van der Waals surface area contributed by atoms with Crippen molar-refractivity contribution in [3.8, 4) is 0 Å². The third-order valence-electron chi connectivity index (χ3n) is 2.44. The Morgan fingerprint density at radius 3 is 2.59 bits per heavy atom. The van der Waals surface area contributed by atoms with E-state index in [1.54, 1.807) is 11.8 Å². The summed E-state index contributed by atoms with van der Waals surface area (Å²) in [6, 6.07) is 7.85. The lowest BCUT2D eigenvalue weighted by Crippen LogP contribution is -2.36. The topological polar surface area (TPSA) is 49.3 Å². The second-order valence-electron chi connectivity index (χ2n) is 3.90.